The molecule has 0 saturated carbocycles. The third kappa shape index (κ3) is 68.4. The van der Waals surface area contributed by atoms with Gasteiger partial charge in [0.15, 0.2) is 12.2 Å². The molecule has 17 nitrogen and oxygen atoms in total. The van der Waals surface area contributed by atoms with Gasteiger partial charge in [0.1, 0.15) is 19.3 Å². The highest BCUT2D eigenvalue weighted by Gasteiger charge is 2.30. The number of hydrogen-bond acceptors (Lipinski definition) is 15. The molecular formula is C74H144O17P2. The van der Waals surface area contributed by atoms with Crippen molar-refractivity contribution in [1.82, 2.24) is 0 Å². The summed E-state index contributed by atoms with van der Waals surface area (Å²) < 4.78 is 68.4. The first-order valence-electron chi connectivity index (χ1n) is 38.5. The van der Waals surface area contributed by atoms with E-state index in [1.165, 1.54) is 193 Å². The molecule has 19 heteroatoms. The van der Waals surface area contributed by atoms with Crippen LogP contribution in [0.15, 0.2) is 0 Å². The second-order valence-electron chi connectivity index (χ2n) is 27.6. The van der Waals surface area contributed by atoms with Gasteiger partial charge in [-0.3, -0.25) is 37.3 Å². The standard InChI is InChI=1S/C74H144O17P2/c1-7-9-11-13-15-17-19-21-23-24-26-28-30-34-38-46-52-58-73(78)90-69(62-84-71(76)56-50-44-37-33-29-27-25-22-20-18-16-14-12-10-8-2)64-88-92(80,81)86-60-68(75)61-87-93(82,83)89-65-70(63-85-72(77)57-51-45-41-40-43-49-55-67(5)6)91-74(79)59-53-47-39-35-31-32-36-42-48-54-66(3)4/h66-70,75H,7-65H2,1-6H3,(H,80,81)(H,82,83)/t68-,69-,70-/m1/s1. The van der Waals surface area contributed by atoms with Crippen LogP contribution in [0.1, 0.15) is 382 Å². The highest BCUT2D eigenvalue weighted by molar-refractivity contribution is 7.47. The van der Waals surface area contributed by atoms with Crippen LogP contribution in [0.4, 0.5) is 0 Å². The van der Waals surface area contributed by atoms with Crippen LogP contribution >= 0.6 is 15.6 Å². The first kappa shape index (κ1) is 91.1. The van der Waals surface area contributed by atoms with Crippen LogP contribution in [0.25, 0.3) is 0 Å². The number of carbonyl (C=O) groups excluding carboxylic acids is 4. The summed E-state index contributed by atoms with van der Waals surface area (Å²) in [5, 5.41) is 10.6. The number of unbranched alkanes of at least 4 members (excludes halogenated alkanes) is 43. The van der Waals surface area contributed by atoms with Crippen LogP contribution < -0.4 is 0 Å². The fourth-order valence-electron chi connectivity index (χ4n) is 11.3. The molecule has 93 heavy (non-hydrogen) atoms. The molecule has 0 spiro atoms. The summed E-state index contributed by atoms with van der Waals surface area (Å²) >= 11 is 0. The van der Waals surface area contributed by atoms with E-state index in [0.29, 0.717) is 31.6 Å². The lowest BCUT2D eigenvalue weighted by atomic mass is 10.0. The molecule has 2 unspecified atom stereocenters. The smallest absolute Gasteiger partial charge is 0.462 e. The SMILES string of the molecule is CCCCCCCCCCCCCCCCCCCC(=O)O[C@H](COC(=O)CCCCCCCCCCCCCCCCC)COP(=O)(O)OC[C@@H](O)COP(=O)(O)OC[C@@H](COC(=O)CCCCCCCCC(C)C)OC(=O)CCCCCCCCCCCC(C)C. The van der Waals surface area contributed by atoms with Crippen LogP contribution in [-0.4, -0.2) is 96.7 Å². The molecule has 0 aliphatic rings. The minimum atomic E-state index is -4.96. The third-order valence-corrected chi connectivity index (χ3v) is 19.1. The Morgan fingerprint density at radius 3 is 0.731 bits per heavy atom. The molecule has 0 saturated heterocycles. The van der Waals surface area contributed by atoms with E-state index in [4.69, 9.17) is 37.0 Å². The maximum atomic E-state index is 13.1. The number of rotatable bonds is 73. The predicted molar refractivity (Wildman–Crippen MR) is 377 cm³/mol. The number of phosphoric acid groups is 2. The minimum Gasteiger partial charge on any atom is -0.462 e. The van der Waals surface area contributed by atoms with E-state index < -0.39 is 97.5 Å². The quantitative estimate of drug-likeness (QED) is 0.0222. The Morgan fingerprint density at radius 1 is 0.290 bits per heavy atom. The zero-order valence-electron chi connectivity index (χ0n) is 60.6. The second-order valence-corrected chi connectivity index (χ2v) is 30.5. The van der Waals surface area contributed by atoms with E-state index in [-0.39, 0.29) is 25.7 Å². The maximum absolute atomic E-state index is 13.1. The van der Waals surface area contributed by atoms with Gasteiger partial charge in [0.25, 0.3) is 0 Å². The summed E-state index contributed by atoms with van der Waals surface area (Å²) in [4.78, 5) is 72.7. The molecule has 3 N–H and O–H groups in total. The van der Waals surface area contributed by atoms with Gasteiger partial charge in [-0.15, -0.1) is 0 Å². The van der Waals surface area contributed by atoms with Gasteiger partial charge in [0.05, 0.1) is 26.4 Å². The molecule has 0 aromatic carbocycles. The molecular weight excluding hydrogens is 1220 g/mol. The molecule has 0 bridgehead atoms. The van der Waals surface area contributed by atoms with Gasteiger partial charge in [-0.05, 0) is 37.5 Å². The first-order valence-corrected chi connectivity index (χ1v) is 41.5. The third-order valence-electron chi connectivity index (χ3n) is 17.2. The van der Waals surface area contributed by atoms with Crippen molar-refractivity contribution in [2.75, 3.05) is 39.6 Å². The first-order chi connectivity index (χ1) is 44.9. The van der Waals surface area contributed by atoms with Crippen molar-refractivity contribution < 1.29 is 80.2 Å². The van der Waals surface area contributed by atoms with Crippen molar-refractivity contribution in [3.05, 3.63) is 0 Å². The monoisotopic (exact) mass is 1370 g/mol. The summed E-state index contributed by atoms with van der Waals surface area (Å²) in [6.45, 7) is 9.48. The van der Waals surface area contributed by atoms with Gasteiger partial charge in [-0.25, -0.2) is 9.13 Å². The van der Waals surface area contributed by atoms with Gasteiger partial charge in [-0.1, -0.05) is 330 Å². The lowest BCUT2D eigenvalue weighted by molar-refractivity contribution is -0.161. The molecule has 0 radical (unpaired) electrons. The maximum Gasteiger partial charge on any atom is 0.472 e. The van der Waals surface area contributed by atoms with Crippen molar-refractivity contribution in [1.29, 1.82) is 0 Å². The molecule has 0 heterocycles. The summed E-state index contributed by atoms with van der Waals surface area (Å²) in [7, 11) is -9.91. The molecule has 0 amide bonds. The number of carbonyl (C=O) groups is 4. The Labute approximate surface area is 568 Å². The van der Waals surface area contributed by atoms with E-state index in [0.717, 1.165) is 102 Å². The van der Waals surface area contributed by atoms with Crippen LogP contribution in [0.3, 0.4) is 0 Å². The number of ether oxygens (including phenoxy) is 4. The zero-order chi connectivity index (χ0) is 68.6. The molecule has 5 atom stereocenters. The average Bonchev–Trinajstić information content (AvgIpc) is 1.55. The van der Waals surface area contributed by atoms with Crippen molar-refractivity contribution in [2.24, 2.45) is 11.8 Å². The lowest BCUT2D eigenvalue weighted by Crippen LogP contribution is -2.30. The summed E-state index contributed by atoms with van der Waals surface area (Å²) in [6, 6.07) is 0. The molecule has 0 aliphatic heterocycles. The van der Waals surface area contributed by atoms with Crippen LogP contribution in [0.5, 0.6) is 0 Å². The second kappa shape index (κ2) is 66.0. The van der Waals surface area contributed by atoms with E-state index in [1.807, 2.05) is 0 Å². The van der Waals surface area contributed by atoms with Gasteiger partial charge in [-0.2, -0.15) is 0 Å². The van der Waals surface area contributed by atoms with Crippen molar-refractivity contribution in [3.8, 4) is 0 Å². The number of aliphatic hydroxyl groups excluding tert-OH is 1. The topological polar surface area (TPSA) is 237 Å². The van der Waals surface area contributed by atoms with E-state index >= 15 is 0 Å². The van der Waals surface area contributed by atoms with Crippen molar-refractivity contribution in [2.45, 2.75) is 400 Å². The van der Waals surface area contributed by atoms with Gasteiger partial charge < -0.3 is 33.8 Å². The van der Waals surface area contributed by atoms with Gasteiger partial charge >= 0.3 is 39.5 Å². The molecule has 0 aromatic rings. The Kier molecular flexibility index (Phi) is 64.6. The molecule has 0 fully saturated rings. The van der Waals surface area contributed by atoms with Crippen molar-refractivity contribution in [3.63, 3.8) is 0 Å². The van der Waals surface area contributed by atoms with E-state index in [1.54, 1.807) is 0 Å². The fraction of sp³-hybridized carbons (Fsp3) is 0.946. The van der Waals surface area contributed by atoms with E-state index in [9.17, 15) is 43.2 Å². The number of esters is 4. The average molecular weight is 1370 g/mol. The number of aliphatic hydroxyl groups is 1. The van der Waals surface area contributed by atoms with Gasteiger partial charge in [0.2, 0.25) is 0 Å². The molecule has 0 aromatic heterocycles. The highest BCUT2D eigenvalue weighted by atomic mass is 31.2. The summed E-state index contributed by atoms with van der Waals surface area (Å²) in [5.74, 6) is -0.704. The van der Waals surface area contributed by atoms with Crippen LogP contribution in [0.2, 0.25) is 0 Å². The Balaban J connectivity index is 5.23. The Bertz CT molecular complexity index is 1800. The lowest BCUT2D eigenvalue weighted by Gasteiger charge is -2.21. The summed E-state index contributed by atoms with van der Waals surface area (Å²) in [5.41, 5.74) is 0. The normalized spacial score (nSPS) is 14.1. The number of phosphoric ester groups is 2. The minimum absolute atomic E-state index is 0.104. The molecule has 0 aliphatic carbocycles. The number of hydrogen-bond donors (Lipinski definition) is 3. The Morgan fingerprint density at radius 2 is 0.495 bits per heavy atom. The summed E-state index contributed by atoms with van der Waals surface area (Å²) in [6.07, 6.45) is 52.9. The fourth-order valence-corrected chi connectivity index (χ4v) is 12.9. The molecule has 552 valence electrons. The van der Waals surface area contributed by atoms with Crippen LogP contribution in [-0.2, 0) is 65.4 Å². The van der Waals surface area contributed by atoms with Crippen LogP contribution in [0, 0.1) is 11.8 Å². The Hall–Kier alpha value is -1.94. The van der Waals surface area contributed by atoms with E-state index in [2.05, 4.69) is 41.5 Å². The largest absolute Gasteiger partial charge is 0.472 e. The molecule has 0 rings (SSSR count). The predicted octanol–water partition coefficient (Wildman–Crippen LogP) is 21.6. The zero-order valence-corrected chi connectivity index (χ0v) is 62.3. The van der Waals surface area contributed by atoms with Gasteiger partial charge in [0, 0.05) is 25.7 Å². The highest BCUT2D eigenvalue weighted by Crippen LogP contribution is 2.45. The van der Waals surface area contributed by atoms with Crippen molar-refractivity contribution >= 4 is 39.5 Å².